The average molecular weight is 448 g/mol. The highest BCUT2D eigenvalue weighted by Gasteiger charge is 2.12. The average Bonchev–Trinajstić information content (AvgIpc) is 3.45. The van der Waals surface area contributed by atoms with Gasteiger partial charge in [0.15, 0.2) is 5.65 Å². The third kappa shape index (κ3) is 4.86. The molecule has 0 unspecified atom stereocenters. The maximum atomic E-state index is 12.3. The number of carbonyl (C=O) groups excluding carboxylic acids is 1. The van der Waals surface area contributed by atoms with E-state index in [9.17, 15) is 4.79 Å². The van der Waals surface area contributed by atoms with E-state index in [-0.39, 0.29) is 5.91 Å². The highest BCUT2D eigenvalue weighted by Crippen LogP contribution is 2.28. The van der Waals surface area contributed by atoms with Gasteiger partial charge in [0, 0.05) is 49.1 Å². The SMILES string of the molecule is Bc1cnn2c(NCCCN(C)C(=O)/C=C/c3ccco3)cc(-c3ccccc3Cl)nc12. The molecule has 0 aliphatic rings. The van der Waals surface area contributed by atoms with Crippen LogP contribution in [0.5, 0.6) is 0 Å². The summed E-state index contributed by atoms with van der Waals surface area (Å²) in [6.07, 6.45) is 7.32. The van der Waals surface area contributed by atoms with E-state index in [4.69, 9.17) is 21.0 Å². The predicted octanol–water partition coefficient (Wildman–Crippen LogP) is 2.87. The number of rotatable bonds is 8. The molecular weight excluding hydrogens is 425 g/mol. The number of nitrogens with one attached hydrogen (secondary N) is 1. The highest BCUT2D eigenvalue weighted by atomic mass is 35.5. The van der Waals surface area contributed by atoms with Crippen LogP contribution in [0.4, 0.5) is 5.82 Å². The van der Waals surface area contributed by atoms with Gasteiger partial charge in [0.05, 0.1) is 12.0 Å². The first-order valence-electron chi connectivity index (χ1n) is 10.3. The molecule has 0 spiro atoms. The largest absolute Gasteiger partial charge is 0.465 e. The van der Waals surface area contributed by atoms with Crippen molar-refractivity contribution in [2.45, 2.75) is 6.42 Å². The summed E-state index contributed by atoms with van der Waals surface area (Å²) < 4.78 is 7.00. The molecule has 3 heterocycles. The smallest absolute Gasteiger partial charge is 0.246 e. The van der Waals surface area contributed by atoms with E-state index in [1.807, 2.05) is 38.2 Å². The number of nitrogens with zero attached hydrogens (tertiary/aromatic N) is 4. The molecule has 4 rings (SSSR count). The standard InChI is InChI=1S/C23H23BClN5O2/c1-29(22(31)10-9-16-6-4-13-32-16)12-5-11-26-21-14-20(17-7-2-3-8-19(17)25)28-23-18(24)15-27-30(21)23/h2-4,6-10,13-15,26H,5,11-12,24H2,1H3/b10-9+. The van der Waals surface area contributed by atoms with Gasteiger partial charge in [-0.25, -0.2) is 4.98 Å². The van der Waals surface area contributed by atoms with Crippen molar-refractivity contribution in [3.05, 3.63) is 71.8 Å². The summed E-state index contributed by atoms with van der Waals surface area (Å²) in [5, 5.41) is 8.52. The molecule has 1 aromatic carbocycles. The summed E-state index contributed by atoms with van der Waals surface area (Å²) >= 11 is 6.39. The maximum Gasteiger partial charge on any atom is 0.246 e. The lowest BCUT2D eigenvalue weighted by molar-refractivity contribution is -0.124. The normalized spacial score (nSPS) is 11.3. The van der Waals surface area contributed by atoms with Crippen LogP contribution >= 0.6 is 11.6 Å². The zero-order valence-corrected chi connectivity index (χ0v) is 18.7. The number of benzene rings is 1. The Kier molecular flexibility index (Phi) is 6.61. The number of hydrogen-bond donors (Lipinski definition) is 1. The molecule has 0 saturated carbocycles. The molecule has 1 N–H and O–H groups in total. The Balaban J connectivity index is 1.42. The van der Waals surface area contributed by atoms with E-state index in [2.05, 4.69) is 10.4 Å². The van der Waals surface area contributed by atoms with Crippen molar-refractivity contribution in [2.24, 2.45) is 0 Å². The van der Waals surface area contributed by atoms with Crippen molar-refractivity contribution in [3.8, 4) is 11.3 Å². The Hall–Kier alpha value is -3.52. The molecule has 3 aromatic heterocycles. The lowest BCUT2D eigenvalue weighted by atomic mass is 10.0. The molecular formula is C23H23BClN5O2. The van der Waals surface area contributed by atoms with E-state index in [0.29, 0.717) is 23.9 Å². The first-order valence-corrected chi connectivity index (χ1v) is 10.7. The topological polar surface area (TPSA) is 75.7 Å². The third-order valence-corrected chi connectivity index (χ3v) is 5.41. The highest BCUT2D eigenvalue weighted by molar-refractivity contribution is 6.36. The minimum atomic E-state index is -0.0728. The number of likely N-dealkylation sites (N-methyl/N-ethyl adjacent to an activating group) is 1. The second kappa shape index (κ2) is 9.74. The number of fused-ring (bicyclic) bond motifs is 1. The van der Waals surface area contributed by atoms with Crippen LogP contribution in [0, 0.1) is 0 Å². The molecule has 162 valence electrons. The van der Waals surface area contributed by atoms with Crippen LogP contribution in [-0.4, -0.2) is 53.4 Å². The third-order valence-electron chi connectivity index (χ3n) is 5.08. The van der Waals surface area contributed by atoms with Gasteiger partial charge in [-0.1, -0.05) is 29.8 Å². The van der Waals surface area contributed by atoms with E-state index >= 15 is 0 Å². The Labute approximate surface area is 192 Å². The molecule has 4 aromatic rings. The molecule has 0 atom stereocenters. The van der Waals surface area contributed by atoms with Crippen LogP contribution in [0.25, 0.3) is 23.0 Å². The van der Waals surface area contributed by atoms with Gasteiger partial charge >= 0.3 is 0 Å². The summed E-state index contributed by atoms with van der Waals surface area (Å²) in [5.41, 5.74) is 3.41. The Bertz CT molecular complexity index is 1250. The summed E-state index contributed by atoms with van der Waals surface area (Å²) in [6.45, 7) is 1.28. The van der Waals surface area contributed by atoms with Crippen LogP contribution < -0.4 is 10.8 Å². The molecule has 0 radical (unpaired) electrons. The van der Waals surface area contributed by atoms with E-state index in [0.717, 1.165) is 34.6 Å². The fourth-order valence-corrected chi connectivity index (χ4v) is 3.55. The predicted molar refractivity (Wildman–Crippen MR) is 130 cm³/mol. The van der Waals surface area contributed by atoms with Crippen LogP contribution in [0.3, 0.4) is 0 Å². The number of aromatic nitrogens is 3. The summed E-state index contributed by atoms with van der Waals surface area (Å²) in [5.74, 6) is 1.40. The van der Waals surface area contributed by atoms with Gasteiger partial charge in [-0.3, -0.25) is 4.79 Å². The monoisotopic (exact) mass is 447 g/mol. The Morgan fingerprint density at radius 1 is 1.31 bits per heavy atom. The van der Waals surface area contributed by atoms with Gasteiger partial charge in [-0.15, -0.1) is 0 Å². The van der Waals surface area contributed by atoms with Gasteiger partial charge < -0.3 is 14.6 Å². The maximum absolute atomic E-state index is 12.3. The van der Waals surface area contributed by atoms with Crippen molar-refractivity contribution in [1.29, 1.82) is 0 Å². The van der Waals surface area contributed by atoms with Gasteiger partial charge in [0.1, 0.15) is 19.4 Å². The fourth-order valence-electron chi connectivity index (χ4n) is 3.32. The molecule has 9 heteroatoms. The zero-order valence-electron chi connectivity index (χ0n) is 18.0. The van der Waals surface area contributed by atoms with Crippen molar-refractivity contribution >= 4 is 48.4 Å². The van der Waals surface area contributed by atoms with Crippen molar-refractivity contribution in [2.75, 3.05) is 25.5 Å². The molecule has 0 aliphatic carbocycles. The number of halogens is 1. The molecule has 0 bridgehead atoms. The number of furan rings is 1. The summed E-state index contributed by atoms with van der Waals surface area (Å²) in [4.78, 5) is 18.7. The molecule has 32 heavy (non-hydrogen) atoms. The second-order valence-electron chi connectivity index (χ2n) is 7.46. The van der Waals surface area contributed by atoms with E-state index in [1.54, 1.807) is 47.1 Å². The summed E-state index contributed by atoms with van der Waals surface area (Å²) in [7, 11) is 3.76. The Morgan fingerprint density at radius 3 is 2.94 bits per heavy atom. The number of carbonyl (C=O) groups is 1. The van der Waals surface area contributed by atoms with Crippen LogP contribution in [0.1, 0.15) is 12.2 Å². The number of anilines is 1. The molecule has 0 aliphatic heterocycles. The Morgan fingerprint density at radius 2 is 2.16 bits per heavy atom. The zero-order chi connectivity index (χ0) is 22.5. The van der Waals surface area contributed by atoms with E-state index < -0.39 is 0 Å². The minimum Gasteiger partial charge on any atom is -0.465 e. The van der Waals surface area contributed by atoms with Gasteiger partial charge in [0.25, 0.3) is 0 Å². The van der Waals surface area contributed by atoms with Crippen molar-refractivity contribution in [3.63, 3.8) is 0 Å². The number of hydrogen-bond acceptors (Lipinski definition) is 5. The van der Waals surface area contributed by atoms with Gasteiger partial charge in [-0.2, -0.15) is 9.61 Å². The fraction of sp³-hybridized carbons (Fsp3) is 0.174. The molecule has 1 amide bonds. The van der Waals surface area contributed by atoms with Gasteiger partial charge in [0.2, 0.25) is 5.91 Å². The quantitative estimate of drug-likeness (QED) is 0.255. The van der Waals surface area contributed by atoms with E-state index in [1.165, 1.54) is 6.08 Å². The lowest BCUT2D eigenvalue weighted by Gasteiger charge is -2.16. The molecule has 7 nitrogen and oxygen atoms in total. The number of amides is 1. The summed E-state index contributed by atoms with van der Waals surface area (Å²) in [6, 6.07) is 13.2. The van der Waals surface area contributed by atoms with Crippen LogP contribution in [0.2, 0.25) is 5.02 Å². The van der Waals surface area contributed by atoms with Gasteiger partial charge in [-0.05, 0) is 36.2 Å². The van der Waals surface area contributed by atoms with Crippen LogP contribution in [-0.2, 0) is 4.79 Å². The second-order valence-corrected chi connectivity index (χ2v) is 7.87. The molecule has 0 saturated heterocycles. The van der Waals surface area contributed by atoms with Crippen molar-refractivity contribution < 1.29 is 9.21 Å². The first-order chi connectivity index (χ1) is 15.5. The lowest BCUT2D eigenvalue weighted by Crippen LogP contribution is -2.27. The van der Waals surface area contributed by atoms with Crippen LogP contribution in [0.15, 0.2) is 65.4 Å². The van der Waals surface area contributed by atoms with Crippen molar-refractivity contribution in [1.82, 2.24) is 19.5 Å². The first kappa shape index (κ1) is 21.7. The molecule has 0 fully saturated rings. The minimum absolute atomic E-state index is 0.0728.